The van der Waals surface area contributed by atoms with Crippen molar-refractivity contribution in [1.82, 2.24) is 0 Å². The molecule has 0 saturated carbocycles. The van der Waals surface area contributed by atoms with Gasteiger partial charge in [-0.2, -0.15) is 0 Å². The minimum Gasteiger partial charge on any atom is -0.313 e. The van der Waals surface area contributed by atoms with Crippen molar-refractivity contribution in [3.63, 3.8) is 0 Å². The van der Waals surface area contributed by atoms with Gasteiger partial charge in [0.1, 0.15) is 0 Å². The van der Waals surface area contributed by atoms with Gasteiger partial charge in [0.25, 0.3) is 0 Å². The highest BCUT2D eigenvalue weighted by Crippen LogP contribution is 1.89. The van der Waals surface area contributed by atoms with E-state index in [1.165, 1.54) is 6.21 Å². The highest BCUT2D eigenvalue weighted by Gasteiger charge is 1.76. The van der Waals surface area contributed by atoms with E-state index in [2.05, 4.69) is 12.3 Å². The maximum absolute atomic E-state index is 6.62. The first-order valence-corrected chi connectivity index (χ1v) is 2.15. The van der Waals surface area contributed by atoms with Gasteiger partial charge in [-0.1, -0.05) is 6.58 Å². The van der Waals surface area contributed by atoms with E-state index in [1.807, 2.05) is 6.92 Å². The SMILES string of the molecule is C=C=C(C)CC=N. The number of hydrogen-bond acceptors (Lipinski definition) is 1. The van der Waals surface area contributed by atoms with Crippen molar-refractivity contribution in [2.75, 3.05) is 0 Å². The van der Waals surface area contributed by atoms with E-state index in [0.29, 0.717) is 6.42 Å². The zero-order valence-electron chi connectivity index (χ0n) is 4.49. The highest BCUT2D eigenvalue weighted by molar-refractivity contribution is 5.56. The average molecular weight is 95.1 g/mol. The van der Waals surface area contributed by atoms with Gasteiger partial charge in [-0.25, -0.2) is 0 Å². The summed E-state index contributed by atoms with van der Waals surface area (Å²) in [4.78, 5) is 0. The molecule has 0 saturated heterocycles. The van der Waals surface area contributed by atoms with Crippen LogP contribution >= 0.6 is 0 Å². The van der Waals surface area contributed by atoms with Gasteiger partial charge in [0, 0.05) is 6.42 Å². The predicted molar refractivity (Wildman–Crippen MR) is 31.7 cm³/mol. The molecule has 0 aliphatic carbocycles. The Balaban J connectivity index is 3.58. The first-order valence-electron chi connectivity index (χ1n) is 2.15. The molecule has 7 heavy (non-hydrogen) atoms. The Morgan fingerprint density at radius 2 is 2.57 bits per heavy atom. The van der Waals surface area contributed by atoms with Crippen LogP contribution in [-0.4, -0.2) is 6.21 Å². The van der Waals surface area contributed by atoms with Crippen LogP contribution in [0.15, 0.2) is 17.9 Å². The standard InChI is InChI=1S/C6H9N/c1-3-6(2)4-5-7/h5,7H,1,4H2,2H3. The summed E-state index contributed by atoms with van der Waals surface area (Å²) >= 11 is 0. The van der Waals surface area contributed by atoms with Gasteiger partial charge in [0.15, 0.2) is 0 Å². The van der Waals surface area contributed by atoms with Crippen LogP contribution in [0.3, 0.4) is 0 Å². The van der Waals surface area contributed by atoms with Gasteiger partial charge in [0.2, 0.25) is 0 Å². The van der Waals surface area contributed by atoms with Crippen molar-refractivity contribution in [3.8, 4) is 0 Å². The minimum absolute atomic E-state index is 0.684. The molecule has 0 amide bonds. The van der Waals surface area contributed by atoms with Crippen LogP contribution in [0.4, 0.5) is 0 Å². The molecule has 0 aliphatic heterocycles. The molecule has 1 heteroatoms. The largest absolute Gasteiger partial charge is 0.313 e. The lowest BCUT2D eigenvalue weighted by atomic mass is 10.2. The third kappa shape index (κ3) is 3.01. The summed E-state index contributed by atoms with van der Waals surface area (Å²) in [5.74, 6) is 0. The molecule has 0 rings (SSSR count). The normalized spacial score (nSPS) is 7.00. The monoisotopic (exact) mass is 95.1 g/mol. The van der Waals surface area contributed by atoms with E-state index in [9.17, 15) is 0 Å². The molecule has 38 valence electrons. The fourth-order valence-corrected chi connectivity index (χ4v) is 0.225. The second-order valence-corrected chi connectivity index (χ2v) is 1.37. The fourth-order valence-electron chi connectivity index (χ4n) is 0.225. The van der Waals surface area contributed by atoms with Crippen molar-refractivity contribution in [3.05, 3.63) is 17.9 Å². The molecule has 1 nitrogen and oxygen atoms in total. The number of rotatable bonds is 2. The molecule has 0 fully saturated rings. The highest BCUT2D eigenvalue weighted by atomic mass is 14.3. The van der Waals surface area contributed by atoms with Crippen molar-refractivity contribution in [1.29, 1.82) is 5.41 Å². The Hall–Kier alpha value is -0.810. The minimum atomic E-state index is 0.684. The molecule has 0 aliphatic rings. The second kappa shape index (κ2) is 3.38. The lowest BCUT2D eigenvalue weighted by Crippen LogP contribution is -1.71. The number of allylic oxidation sites excluding steroid dienone is 1. The van der Waals surface area contributed by atoms with Crippen molar-refractivity contribution >= 4 is 6.21 Å². The molecule has 0 spiro atoms. The summed E-state index contributed by atoms with van der Waals surface area (Å²) in [5.41, 5.74) is 3.70. The van der Waals surface area contributed by atoms with Gasteiger partial charge < -0.3 is 5.41 Å². The van der Waals surface area contributed by atoms with E-state index < -0.39 is 0 Å². The van der Waals surface area contributed by atoms with Gasteiger partial charge in [-0.3, -0.25) is 0 Å². The molecule has 0 aromatic carbocycles. The zero-order chi connectivity index (χ0) is 5.70. The Labute approximate surface area is 43.9 Å². The maximum atomic E-state index is 6.62. The first kappa shape index (κ1) is 6.19. The topological polar surface area (TPSA) is 23.9 Å². The Morgan fingerprint density at radius 3 is 2.71 bits per heavy atom. The van der Waals surface area contributed by atoms with E-state index >= 15 is 0 Å². The quantitative estimate of drug-likeness (QED) is 0.399. The summed E-state index contributed by atoms with van der Waals surface area (Å²) in [7, 11) is 0. The average Bonchev–Trinajstić information content (AvgIpc) is 1.68. The Morgan fingerprint density at radius 1 is 2.00 bits per heavy atom. The smallest absolute Gasteiger partial charge is 0.0103 e. The molecule has 0 heterocycles. The summed E-state index contributed by atoms with van der Waals surface area (Å²) in [5, 5.41) is 6.62. The van der Waals surface area contributed by atoms with E-state index in [4.69, 9.17) is 5.41 Å². The zero-order valence-corrected chi connectivity index (χ0v) is 4.49. The van der Waals surface area contributed by atoms with Crippen LogP contribution < -0.4 is 0 Å². The van der Waals surface area contributed by atoms with E-state index in [1.54, 1.807) is 0 Å². The van der Waals surface area contributed by atoms with E-state index in [-0.39, 0.29) is 0 Å². The molecular formula is C6H9N. The molecule has 0 atom stereocenters. The summed E-state index contributed by atoms with van der Waals surface area (Å²) in [6.45, 7) is 5.31. The second-order valence-electron chi connectivity index (χ2n) is 1.37. The Bertz CT molecular complexity index is 107. The molecule has 0 unspecified atom stereocenters. The summed E-state index contributed by atoms with van der Waals surface area (Å²) < 4.78 is 0. The number of hydrogen-bond donors (Lipinski definition) is 1. The van der Waals surface area contributed by atoms with Gasteiger partial charge in [-0.05, 0) is 18.7 Å². The first-order chi connectivity index (χ1) is 3.31. The van der Waals surface area contributed by atoms with Crippen molar-refractivity contribution < 1.29 is 0 Å². The maximum Gasteiger partial charge on any atom is 0.0103 e. The Kier molecular flexibility index (Phi) is 2.99. The van der Waals surface area contributed by atoms with Gasteiger partial charge in [-0.15, -0.1) is 5.73 Å². The van der Waals surface area contributed by atoms with Crippen LogP contribution in [0, 0.1) is 5.41 Å². The van der Waals surface area contributed by atoms with Crippen LogP contribution in [0.2, 0.25) is 0 Å². The summed E-state index contributed by atoms with van der Waals surface area (Å²) in [6.07, 6.45) is 2.02. The molecule has 1 N–H and O–H groups in total. The lowest BCUT2D eigenvalue weighted by molar-refractivity contribution is 1.28. The summed E-state index contributed by atoms with van der Waals surface area (Å²) in [6, 6.07) is 0. The third-order valence-electron chi connectivity index (χ3n) is 0.710. The molecular weight excluding hydrogens is 86.1 g/mol. The van der Waals surface area contributed by atoms with Crippen molar-refractivity contribution in [2.45, 2.75) is 13.3 Å². The number of nitrogens with one attached hydrogen (secondary N) is 1. The fraction of sp³-hybridized carbons (Fsp3) is 0.333. The van der Waals surface area contributed by atoms with Crippen molar-refractivity contribution in [2.24, 2.45) is 0 Å². The predicted octanol–water partition coefficient (Wildman–Crippen LogP) is 1.76. The van der Waals surface area contributed by atoms with Gasteiger partial charge in [0.05, 0.1) is 0 Å². The van der Waals surface area contributed by atoms with Crippen LogP contribution in [0.1, 0.15) is 13.3 Å². The molecule has 0 radical (unpaired) electrons. The molecule has 0 aromatic rings. The third-order valence-corrected chi connectivity index (χ3v) is 0.710. The van der Waals surface area contributed by atoms with Crippen LogP contribution in [-0.2, 0) is 0 Å². The van der Waals surface area contributed by atoms with Crippen LogP contribution in [0.25, 0.3) is 0 Å². The van der Waals surface area contributed by atoms with Gasteiger partial charge >= 0.3 is 0 Å². The molecule has 0 aromatic heterocycles. The van der Waals surface area contributed by atoms with Crippen LogP contribution in [0.5, 0.6) is 0 Å². The lowest BCUT2D eigenvalue weighted by Gasteiger charge is -1.81. The molecule has 0 bridgehead atoms. The van der Waals surface area contributed by atoms with E-state index in [0.717, 1.165) is 5.57 Å².